The molecule has 1 saturated heterocycles. The average molecular weight is 403 g/mol. The molecule has 0 saturated carbocycles. The Labute approximate surface area is 174 Å². The van der Waals surface area contributed by atoms with Gasteiger partial charge in [-0.3, -0.25) is 4.90 Å². The zero-order chi connectivity index (χ0) is 20.9. The number of nitrogens with zero attached hydrogens (tertiary/aromatic N) is 7. The van der Waals surface area contributed by atoms with Gasteiger partial charge in [0.1, 0.15) is 5.82 Å². The van der Waals surface area contributed by atoms with Crippen molar-refractivity contribution in [1.29, 1.82) is 5.26 Å². The van der Waals surface area contributed by atoms with E-state index in [2.05, 4.69) is 37.0 Å². The first-order valence-electron chi connectivity index (χ1n) is 9.80. The number of nitriles is 1. The van der Waals surface area contributed by atoms with E-state index in [9.17, 15) is 4.39 Å². The first-order chi connectivity index (χ1) is 14.6. The minimum absolute atomic E-state index is 0.354. The summed E-state index contributed by atoms with van der Waals surface area (Å²) < 4.78 is 15.4. The number of aromatic nitrogens is 4. The summed E-state index contributed by atoms with van der Waals surface area (Å²) in [7, 11) is 0. The van der Waals surface area contributed by atoms with E-state index in [0.717, 1.165) is 49.7 Å². The fourth-order valence-corrected chi connectivity index (χ4v) is 3.53. The fraction of sp³-hybridized carbons (Fsp3) is 0.273. The summed E-state index contributed by atoms with van der Waals surface area (Å²) in [5, 5.41) is 13.4. The van der Waals surface area contributed by atoms with Crippen molar-refractivity contribution >= 4 is 11.8 Å². The van der Waals surface area contributed by atoms with E-state index in [1.807, 2.05) is 19.2 Å². The van der Waals surface area contributed by atoms with Crippen molar-refractivity contribution in [3.05, 3.63) is 71.6 Å². The average Bonchev–Trinajstić information content (AvgIpc) is 3.14. The molecule has 0 N–H and O–H groups in total. The smallest absolute Gasteiger partial charge is 0.250 e. The summed E-state index contributed by atoms with van der Waals surface area (Å²) in [6, 6.07) is 8.29. The molecule has 2 aromatic heterocycles. The quantitative estimate of drug-likeness (QED) is 0.652. The van der Waals surface area contributed by atoms with Crippen LogP contribution in [0.1, 0.15) is 16.8 Å². The van der Waals surface area contributed by atoms with Crippen LogP contribution in [0.3, 0.4) is 0 Å². The van der Waals surface area contributed by atoms with Gasteiger partial charge in [0.2, 0.25) is 0 Å². The Morgan fingerprint density at radius 3 is 2.63 bits per heavy atom. The van der Waals surface area contributed by atoms with Crippen LogP contribution >= 0.6 is 0 Å². The number of rotatable bonds is 5. The molecule has 3 heterocycles. The Morgan fingerprint density at radius 1 is 1.13 bits per heavy atom. The number of hydrogen-bond donors (Lipinski definition) is 0. The van der Waals surface area contributed by atoms with E-state index in [4.69, 9.17) is 5.26 Å². The number of anilines is 1. The lowest BCUT2D eigenvalue weighted by molar-refractivity contribution is 0.284. The monoisotopic (exact) mass is 403 g/mol. The Balaban J connectivity index is 1.33. The largest absolute Gasteiger partial charge is 0.369 e. The Morgan fingerprint density at radius 2 is 1.90 bits per heavy atom. The molecule has 0 aliphatic carbocycles. The Hall–Kier alpha value is -3.57. The van der Waals surface area contributed by atoms with Gasteiger partial charge in [-0.05, 0) is 31.2 Å². The molecule has 4 rings (SSSR count). The predicted octanol–water partition coefficient (Wildman–Crippen LogP) is 2.82. The molecule has 0 spiro atoms. The van der Waals surface area contributed by atoms with E-state index in [0.29, 0.717) is 11.5 Å². The van der Waals surface area contributed by atoms with Crippen LogP contribution in [-0.4, -0.2) is 57.4 Å². The number of hydrogen-bond acceptors (Lipinski definition) is 6. The van der Waals surface area contributed by atoms with Crippen LogP contribution in [0, 0.1) is 24.1 Å². The van der Waals surface area contributed by atoms with Gasteiger partial charge in [-0.1, -0.05) is 12.2 Å². The highest BCUT2D eigenvalue weighted by molar-refractivity contribution is 5.53. The minimum atomic E-state index is -0.369. The van der Waals surface area contributed by atoms with Gasteiger partial charge in [0, 0.05) is 56.4 Å². The maximum Gasteiger partial charge on any atom is 0.250 e. The van der Waals surface area contributed by atoms with Gasteiger partial charge in [0.15, 0.2) is 0 Å². The van der Waals surface area contributed by atoms with E-state index in [1.165, 1.54) is 12.1 Å². The number of halogens is 1. The van der Waals surface area contributed by atoms with Gasteiger partial charge >= 0.3 is 0 Å². The van der Waals surface area contributed by atoms with Crippen LogP contribution in [0.15, 0.2) is 48.9 Å². The molecule has 30 heavy (non-hydrogen) atoms. The first-order valence-corrected chi connectivity index (χ1v) is 9.80. The maximum atomic E-state index is 13.7. The molecule has 1 aromatic carbocycles. The molecule has 1 fully saturated rings. The van der Waals surface area contributed by atoms with Crippen LogP contribution < -0.4 is 4.90 Å². The molecule has 0 atom stereocenters. The highest BCUT2D eigenvalue weighted by Crippen LogP contribution is 2.20. The summed E-state index contributed by atoms with van der Waals surface area (Å²) in [6.45, 7) is 6.16. The Bertz CT molecular complexity index is 1080. The molecule has 8 heteroatoms. The van der Waals surface area contributed by atoms with Crippen LogP contribution in [-0.2, 0) is 0 Å². The van der Waals surface area contributed by atoms with Crippen LogP contribution in [0.2, 0.25) is 0 Å². The first kappa shape index (κ1) is 19.7. The molecular formula is C22H22FN7. The third-order valence-corrected chi connectivity index (χ3v) is 5.20. The van der Waals surface area contributed by atoms with Gasteiger partial charge in [0.05, 0.1) is 23.5 Å². The number of piperazine rings is 1. The topological polar surface area (TPSA) is 73.9 Å². The summed E-state index contributed by atoms with van der Waals surface area (Å²) in [4.78, 5) is 12.9. The lowest BCUT2D eigenvalue weighted by atomic mass is 10.1. The van der Waals surface area contributed by atoms with Gasteiger partial charge in [-0.25, -0.2) is 19.0 Å². The van der Waals surface area contributed by atoms with Crippen molar-refractivity contribution in [2.45, 2.75) is 6.92 Å². The normalized spacial score (nSPS) is 14.9. The van der Waals surface area contributed by atoms with Crippen LogP contribution in [0.4, 0.5) is 10.1 Å². The summed E-state index contributed by atoms with van der Waals surface area (Å²) >= 11 is 0. The molecule has 0 amide bonds. The zero-order valence-corrected chi connectivity index (χ0v) is 16.7. The third kappa shape index (κ3) is 4.36. The van der Waals surface area contributed by atoms with Gasteiger partial charge in [-0.2, -0.15) is 10.4 Å². The minimum Gasteiger partial charge on any atom is -0.369 e. The maximum absolute atomic E-state index is 13.7. The van der Waals surface area contributed by atoms with Crippen LogP contribution in [0.25, 0.3) is 12.0 Å². The van der Waals surface area contributed by atoms with E-state index < -0.39 is 0 Å². The van der Waals surface area contributed by atoms with Gasteiger partial charge in [-0.15, -0.1) is 0 Å². The van der Waals surface area contributed by atoms with Crippen molar-refractivity contribution in [1.82, 2.24) is 24.6 Å². The molecule has 1 aliphatic rings. The second kappa shape index (κ2) is 8.84. The second-order valence-electron chi connectivity index (χ2n) is 7.15. The molecule has 1 aliphatic heterocycles. The molecule has 0 bridgehead atoms. The molecule has 0 radical (unpaired) electrons. The fourth-order valence-electron chi connectivity index (χ4n) is 3.53. The highest BCUT2D eigenvalue weighted by Gasteiger charge is 2.17. The Kier molecular flexibility index (Phi) is 5.82. The van der Waals surface area contributed by atoms with E-state index >= 15 is 0 Å². The summed E-state index contributed by atoms with van der Waals surface area (Å²) in [5.74, 6) is 0.189. The highest BCUT2D eigenvalue weighted by atomic mass is 19.1. The van der Waals surface area contributed by atoms with Gasteiger partial charge in [0.25, 0.3) is 5.95 Å². The lowest BCUT2D eigenvalue weighted by Gasteiger charge is -2.35. The third-order valence-electron chi connectivity index (χ3n) is 5.20. The molecule has 152 valence electrons. The predicted molar refractivity (Wildman–Crippen MR) is 113 cm³/mol. The summed E-state index contributed by atoms with van der Waals surface area (Å²) in [6.07, 6.45) is 9.41. The van der Waals surface area contributed by atoms with Gasteiger partial charge < -0.3 is 4.90 Å². The molecular weight excluding hydrogens is 381 g/mol. The van der Waals surface area contributed by atoms with Crippen molar-refractivity contribution in [2.24, 2.45) is 0 Å². The SMILES string of the molecule is Cc1c(/C=C/CN2CCN(c3cc(F)cc(C#N)c3)CC2)cnn1-c1ncccn1. The molecule has 3 aromatic rings. The molecule has 0 unspecified atom stereocenters. The summed E-state index contributed by atoms with van der Waals surface area (Å²) in [5.41, 5.74) is 3.15. The van der Waals surface area contributed by atoms with Crippen molar-refractivity contribution in [3.8, 4) is 12.0 Å². The van der Waals surface area contributed by atoms with E-state index in [-0.39, 0.29) is 5.82 Å². The van der Waals surface area contributed by atoms with E-state index in [1.54, 1.807) is 29.2 Å². The van der Waals surface area contributed by atoms with Crippen molar-refractivity contribution < 1.29 is 4.39 Å². The van der Waals surface area contributed by atoms with Crippen molar-refractivity contribution in [2.75, 3.05) is 37.6 Å². The lowest BCUT2D eigenvalue weighted by Crippen LogP contribution is -2.46. The van der Waals surface area contributed by atoms with Crippen LogP contribution in [0.5, 0.6) is 0 Å². The zero-order valence-electron chi connectivity index (χ0n) is 16.7. The second-order valence-corrected chi connectivity index (χ2v) is 7.15. The standard InChI is InChI=1S/C22H22FN7/c1-17-19(16-27-30(17)22-25-5-3-6-26-22)4-2-7-28-8-10-29(11-9-28)21-13-18(15-24)12-20(23)14-21/h2-6,12-14,16H,7-11H2,1H3/b4-2+. The van der Waals surface area contributed by atoms with Crippen molar-refractivity contribution in [3.63, 3.8) is 0 Å². The number of benzene rings is 1. The molecule has 7 nitrogen and oxygen atoms in total.